The normalized spacial score (nSPS) is 19.0. The standard InChI is InChI=1S/C35H34Cl2N6O5/c1-42-27-10-12-39-32(29(27)34(44)43(2)35(42)45)40-25-9-5-7-21(31(25)37)20-6-4-8-22(30(20)36)26-15-18-14-19(16-23(18)33(41-26)46-3)48-28-17-47-13-11-24(28)38/h4-10,12,15,19,24,28H,11,13-14,16-17,38H2,1-3H3,(H,39,40)/t19?,24-,28+/m1/s1. The second-order valence-corrected chi connectivity index (χ2v) is 12.9. The summed E-state index contributed by atoms with van der Waals surface area (Å²) in [7, 11) is 4.66. The number of hydrogen-bond donors (Lipinski definition) is 2. The minimum Gasteiger partial charge on any atom is -0.481 e. The number of methoxy groups -OCH3 is 1. The molecular weight excluding hydrogens is 655 g/mol. The molecule has 4 heterocycles. The molecule has 0 spiro atoms. The number of nitrogens with two attached hydrogens (primary N) is 1. The average Bonchev–Trinajstić information content (AvgIpc) is 3.50. The fraction of sp³-hybridized carbons (Fsp3) is 0.314. The van der Waals surface area contributed by atoms with Gasteiger partial charge in [0, 0.05) is 61.6 Å². The van der Waals surface area contributed by atoms with E-state index < -0.39 is 11.2 Å². The predicted molar refractivity (Wildman–Crippen MR) is 187 cm³/mol. The number of pyridine rings is 2. The zero-order chi connectivity index (χ0) is 33.7. The predicted octanol–water partition coefficient (Wildman–Crippen LogP) is 5.02. The summed E-state index contributed by atoms with van der Waals surface area (Å²) in [5.74, 6) is 0.812. The SMILES string of the molecule is COc1nc(-c2cccc(-c3cccc(Nc4nccc5c4c(=O)n(C)c(=O)n5C)c3Cl)c2Cl)cc2c1CC(O[C@H]1COCC[C@H]1N)C2. The number of aryl methyl sites for hydroxylation is 1. The molecule has 13 heteroatoms. The number of aromatic nitrogens is 4. The molecule has 0 bridgehead atoms. The zero-order valence-corrected chi connectivity index (χ0v) is 28.1. The Labute approximate surface area is 286 Å². The van der Waals surface area contributed by atoms with E-state index in [0.29, 0.717) is 70.0 Å². The van der Waals surface area contributed by atoms with E-state index in [-0.39, 0.29) is 29.5 Å². The smallest absolute Gasteiger partial charge is 0.330 e. The number of rotatable bonds is 7. The lowest BCUT2D eigenvalue weighted by Gasteiger charge is -2.30. The van der Waals surface area contributed by atoms with Crippen molar-refractivity contribution >= 4 is 45.6 Å². The van der Waals surface area contributed by atoms with E-state index >= 15 is 0 Å². The van der Waals surface area contributed by atoms with Crippen LogP contribution in [0.3, 0.4) is 0 Å². The van der Waals surface area contributed by atoms with Gasteiger partial charge in [-0.1, -0.05) is 53.5 Å². The van der Waals surface area contributed by atoms with Crippen LogP contribution in [0.5, 0.6) is 5.88 Å². The molecule has 1 fully saturated rings. The van der Waals surface area contributed by atoms with Gasteiger partial charge in [-0.15, -0.1) is 0 Å². The number of halogens is 2. The van der Waals surface area contributed by atoms with E-state index in [2.05, 4.69) is 10.3 Å². The van der Waals surface area contributed by atoms with Gasteiger partial charge >= 0.3 is 5.69 Å². The Balaban J connectivity index is 1.22. The molecule has 7 rings (SSSR count). The van der Waals surface area contributed by atoms with Crippen molar-refractivity contribution in [1.29, 1.82) is 0 Å². The first-order valence-electron chi connectivity index (χ1n) is 15.6. The van der Waals surface area contributed by atoms with Gasteiger partial charge in [0.2, 0.25) is 5.88 Å². The van der Waals surface area contributed by atoms with E-state index in [1.165, 1.54) is 17.8 Å². The third kappa shape index (κ3) is 5.65. The molecule has 248 valence electrons. The number of nitrogens with one attached hydrogen (secondary N) is 1. The summed E-state index contributed by atoms with van der Waals surface area (Å²) in [5, 5.41) is 4.32. The molecule has 1 aliphatic carbocycles. The lowest BCUT2D eigenvalue weighted by atomic mass is 9.99. The first-order chi connectivity index (χ1) is 23.2. The molecule has 0 amide bonds. The number of nitrogens with zero attached hydrogens (tertiary/aromatic N) is 4. The molecule has 1 unspecified atom stereocenters. The van der Waals surface area contributed by atoms with E-state index in [9.17, 15) is 9.59 Å². The zero-order valence-electron chi connectivity index (χ0n) is 26.6. The Morgan fingerprint density at radius 1 is 1.00 bits per heavy atom. The molecule has 2 aromatic carbocycles. The Morgan fingerprint density at radius 2 is 1.75 bits per heavy atom. The topological polar surface area (TPSA) is 136 Å². The van der Waals surface area contributed by atoms with Crippen molar-refractivity contribution < 1.29 is 14.2 Å². The molecule has 1 aliphatic heterocycles. The van der Waals surface area contributed by atoms with Gasteiger partial charge in [0.1, 0.15) is 11.2 Å². The van der Waals surface area contributed by atoms with Gasteiger partial charge in [-0.05, 0) is 36.6 Å². The minimum absolute atomic E-state index is 0.0500. The number of hydrogen-bond acceptors (Lipinski definition) is 9. The van der Waals surface area contributed by atoms with Crippen molar-refractivity contribution in [2.24, 2.45) is 19.8 Å². The summed E-state index contributed by atoms with van der Waals surface area (Å²) in [5.41, 5.74) is 11.2. The van der Waals surface area contributed by atoms with Crippen LogP contribution in [-0.4, -0.2) is 57.7 Å². The molecule has 0 radical (unpaired) electrons. The van der Waals surface area contributed by atoms with Crippen molar-refractivity contribution in [1.82, 2.24) is 19.1 Å². The Bertz CT molecular complexity index is 2180. The van der Waals surface area contributed by atoms with Crippen molar-refractivity contribution in [2.75, 3.05) is 25.6 Å². The lowest BCUT2D eigenvalue weighted by Crippen LogP contribution is -2.46. The molecule has 3 aromatic heterocycles. The number of benzene rings is 2. The maximum Gasteiger partial charge on any atom is 0.330 e. The fourth-order valence-electron chi connectivity index (χ4n) is 6.58. The molecule has 3 N–H and O–H groups in total. The highest BCUT2D eigenvalue weighted by atomic mass is 35.5. The largest absolute Gasteiger partial charge is 0.481 e. The molecule has 2 aliphatic rings. The number of fused-ring (bicyclic) bond motifs is 2. The van der Waals surface area contributed by atoms with Crippen molar-refractivity contribution in [3.05, 3.63) is 96.7 Å². The minimum atomic E-state index is -0.464. The average molecular weight is 690 g/mol. The van der Waals surface area contributed by atoms with E-state index in [1.807, 2.05) is 36.4 Å². The molecule has 11 nitrogen and oxygen atoms in total. The number of ether oxygens (including phenoxy) is 3. The second-order valence-electron chi connectivity index (χ2n) is 12.1. The van der Waals surface area contributed by atoms with Gasteiger partial charge in [-0.2, -0.15) is 0 Å². The lowest BCUT2D eigenvalue weighted by molar-refractivity contribution is -0.0901. The van der Waals surface area contributed by atoms with Crippen LogP contribution in [-0.2, 0) is 36.4 Å². The van der Waals surface area contributed by atoms with Gasteiger partial charge in [-0.3, -0.25) is 13.9 Å². The van der Waals surface area contributed by atoms with Crippen LogP contribution in [0.1, 0.15) is 17.5 Å². The van der Waals surface area contributed by atoms with Gasteiger partial charge in [0.15, 0.2) is 0 Å². The molecule has 48 heavy (non-hydrogen) atoms. The van der Waals surface area contributed by atoms with E-state index in [0.717, 1.165) is 27.7 Å². The third-order valence-electron chi connectivity index (χ3n) is 9.17. The highest BCUT2D eigenvalue weighted by Gasteiger charge is 2.32. The summed E-state index contributed by atoms with van der Waals surface area (Å²) in [6.07, 6.45) is 3.48. The number of anilines is 2. The summed E-state index contributed by atoms with van der Waals surface area (Å²) < 4.78 is 20.2. The molecule has 1 saturated heterocycles. The van der Waals surface area contributed by atoms with Gasteiger partial charge < -0.3 is 25.3 Å². The van der Waals surface area contributed by atoms with Crippen LogP contribution in [0.15, 0.2) is 64.3 Å². The van der Waals surface area contributed by atoms with Gasteiger partial charge in [0.05, 0.1) is 52.9 Å². The van der Waals surface area contributed by atoms with Crippen molar-refractivity contribution in [3.63, 3.8) is 0 Å². The maximum absolute atomic E-state index is 13.1. The Morgan fingerprint density at radius 3 is 2.52 bits per heavy atom. The van der Waals surface area contributed by atoms with Crippen LogP contribution >= 0.6 is 23.2 Å². The Hall–Kier alpha value is -4.26. The first kappa shape index (κ1) is 32.3. The molecule has 0 saturated carbocycles. The monoisotopic (exact) mass is 688 g/mol. The van der Waals surface area contributed by atoms with E-state index in [1.54, 1.807) is 26.3 Å². The van der Waals surface area contributed by atoms with Gasteiger partial charge in [-0.25, -0.2) is 14.8 Å². The van der Waals surface area contributed by atoms with Crippen molar-refractivity contribution in [3.8, 4) is 28.3 Å². The fourth-order valence-corrected chi connectivity index (χ4v) is 7.18. The summed E-state index contributed by atoms with van der Waals surface area (Å²) in [4.78, 5) is 34.9. The first-order valence-corrected chi connectivity index (χ1v) is 16.4. The summed E-state index contributed by atoms with van der Waals surface area (Å²) in [6.45, 7) is 1.15. The quantitative estimate of drug-likeness (QED) is 0.242. The highest BCUT2D eigenvalue weighted by molar-refractivity contribution is 6.39. The highest BCUT2D eigenvalue weighted by Crippen LogP contribution is 2.43. The van der Waals surface area contributed by atoms with Crippen molar-refractivity contribution in [2.45, 2.75) is 37.5 Å². The second kappa shape index (κ2) is 13.0. The summed E-state index contributed by atoms with van der Waals surface area (Å²) in [6, 6.07) is 14.8. The third-order valence-corrected chi connectivity index (χ3v) is 9.99. The van der Waals surface area contributed by atoms with Crippen LogP contribution in [0.4, 0.5) is 11.5 Å². The summed E-state index contributed by atoms with van der Waals surface area (Å²) >= 11 is 14.1. The van der Waals surface area contributed by atoms with Crippen LogP contribution in [0.25, 0.3) is 33.3 Å². The molecule has 5 aromatic rings. The van der Waals surface area contributed by atoms with Crippen LogP contribution < -0.4 is 27.0 Å². The molecular formula is C35H34Cl2N6O5. The van der Waals surface area contributed by atoms with E-state index in [4.69, 9.17) is 48.1 Å². The van der Waals surface area contributed by atoms with Crippen LogP contribution in [0.2, 0.25) is 10.0 Å². The maximum atomic E-state index is 13.1. The van der Waals surface area contributed by atoms with Gasteiger partial charge in [0.25, 0.3) is 5.56 Å². The van der Waals surface area contributed by atoms with Crippen LogP contribution in [0, 0.1) is 0 Å². The Kier molecular flexibility index (Phi) is 8.73. The molecule has 3 atom stereocenters.